The van der Waals surface area contributed by atoms with Crippen molar-refractivity contribution in [1.82, 2.24) is 10.2 Å². The van der Waals surface area contributed by atoms with Crippen molar-refractivity contribution in [3.8, 4) is 0 Å². The highest BCUT2D eigenvalue weighted by atomic mass is 79.9. The van der Waals surface area contributed by atoms with Gasteiger partial charge >= 0.3 is 0 Å². The zero-order valence-corrected chi connectivity index (χ0v) is 13.9. The molecule has 1 fully saturated rings. The third-order valence-corrected chi connectivity index (χ3v) is 3.97. The second kappa shape index (κ2) is 8.62. The lowest BCUT2D eigenvalue weighted by molar-refractivity contribution is -0.133. The number of rotatable bonds is 4. The lowest BCUT2D eigenvalue weighted by Crippen LogP contribution is -2.41. The van der Waals surface area contributed by atoms with Gasteiger partial charge in [-0.25, -0.2) is 0 Å². The summed E-state index contributed by atoms with van der Waals surface area (Å²) in [6.07, 6.45) is 0.441. The van der Waals surface area contributed by atoms with Crippen LogP contribution in [-0.4, -0.2) is 43.7 Å². The summed E-state index contributed by atoms with van der Waals surface area (Å²) in [7, 11) is 1.83. The number of hydrogen-bond donors (Lipinski definition) is 1. The summed E-state index contributed by atoms with van der Waals surface area (Å²) < 4.78 is 6.59. The first-order valence-electron chi connectivity index (χ1n) is 6.46. The molecule has 20 heavy (non-hydrogen) atoms. The quantitative estimate of drug-likeness (QED) is 0.892. The van der Waals surface area contributed by atoms with Crippen LogP contribution in [0.15, 0.2) is 28.7 Å². The molecule has 2 rings (SSSR count). The SMILES string of the molecule is CN(Cc1ccccc1Br)C(=O)CC1CNCCO1.Cl. The van der Waals surface area contributed by atoms with Crippen molar-refractivity contribution in [2.24, 2.45) is 0 Å². The molecular formula is C14H20BrClN2O2. The Morgan fingerprint density at radius 1 is 1.50 bits per heavy atom. The van der Waals surface area contributed by atoms with Crippen LogP contribution in [0.2, 0.25) is 0 Å². The van der Waals surface area contributed by atoms with Gasteiger partial charge in [0.2, 0.25) is 5.91 Å². The number of nitrogens with zero attached hydrogens (tertiary/aromatic N) is 1. The van der Waals surface area contributed by atoms with E-state index in [1.807, 2.05) is 31.3 Å². The number of nitrogens with one attached hydrogen (secondary N) is 1. The first-order chi connectivity index (χ1) is 9.16. The molecule has 1 aliphatic rings. The molecule has 1 unspecified atom stereocenters. The number of carbonyl (C=O) groups is 1. The van der Waals surface area contributed by atoms with Crippen LogP contribution in [0.1, 0.15) is 12.0 Å². The highest BCUT2D eigenvalue weighted by molar-refractivity contribution is 9.10. The van der Waals surface area contributed by atoms with Crippen LogP contribution in [-0.2, 0) is 16.1 Å². The van der Waals surface area contributed by atoms with Crippen molar-refractivity contribution in [3.63, 3.8) is 0 Å². The summed E-state index contributed by atoms with van der Waals surface area (Å²) in [5, 5.41) is 3.23. The Morgan fingerprint density at radius 2 is 2.25 bits per heavy atom. The Kier molecular flexibility index (Phi) is 7.51. The normalized spacial score (nSPS) is 18.2. The van der Waals surface area contributed by atoms with Crippen molar-refractivity contribution in [2.75, 3.05) is 26.7 Å². The van der Waals surface area contributed by atoms with Gasteiger partial charge < -0.3 is 15.0 Å². The van der Waals surface area contributed by atoms with E-state index in [1.54, 1.807) is 4.90 Å². The fourth-order valence-electron chi connectivity index (χ4n) is 2.07. The first kappa shape index (κ1) is 17.4. The maximum absolute atomic E-state index is 12.1. The van der Waals surface area contributed by atoms with Gasteiger partial charge in [-0.2, -0.15) is 0 Å². The molecule has 1 aliphatic heterocycles. The third-order valence-electron chi connectivity index (χ3n) is 3.20. The third kappa shape index (κ3) is 5.05. The van der Waals surface area contributed by atoms with Crippen molar-refractivity contribution in [2.45, 2.75) is 19.1 Å². The second-order valence-corrected chi connectivity index (χ2v) is 5.60. The number of ether oxygens (including phenoxy) is 1. The van der Waals surface area contributed by atoms with Gasteiger partial charge in [0.1, 0.15) is 0 Å². The van der Waals surface area contributed by atoms with Crippen molar-refractivity contribution in [3.05, 3.63) is 34.3 Å². The molecule has 1 aromatic rings. The predicted molar refractivity (Wildman–Crippen MR) is 85.1 cm³/mol. The van der Waals surface area contributed by atoms with E-state index in [2.05, 4.69) is 21.2 Å². The minimum absolute atomic E-state index is 0. The van der Waals surface area contributed by atoms with Crippen LogP contribution in [0.3, 0.4) is 0 Å². The Hall–Kier alpha value is -0.620. The van der Waals surface area contributed by atoms with Gasteiger partial charge in [-0.15, -0.1) is 12.4 Å². The van der Waals surface area contributed by atoms with E-state index < -0.39 is 0 Å². The predicted octanol–water partition coefficient (Wildman–Crippen LogP) is 2.21. The number of benzene rings is 1. The molecule has 1 saturated heterocycles. The molecule has 4 nitrogen and oxygen atoms in total. The van der Waals surface area contributed by atoms with E-state index in [9.17, 15) is 4.79 Å². The molecule has 1 heterocycles. The molecule has 1 aromatic carbocycles. The van der Waals surface area contributed by atoms with Crippen LogP contribution in [0.5, 0.6) is 0 Å². The summed E-state index contributed by atoms with van der Waals surface area (Å²) in [6, 6.07) is 7.96. The molecule has 6 heteroatoms. The standard InChI is InChI=1S/C14H19BrN2O2.ClH/c1-17(10-11-4-2-3-5-13(11)15)14(18)8-12-9-16-6-7-19-12;/h2-5,12,16H,6-10H2,1H3;1H. The highest BCUT2D eigenvalue weighted by Crippen LogP contribution is 2.17. The minimum atomic E-state index is 0. The number of carbonyl (C=O) groups excluding carboxylic acids is 1. The van der Waals surface area contributed by atoms with Gasteiger partial charge in [0.15, 0.2) is 0 Å². The lowest BCUT2D eigenvalue weighted by atomic mass is 10.2. The lowest BCUT2D eigenvalue weighted by Gasteiger charge is -2.25. The molecule has 0 saturated carbocycles. The molecule has 0 radical (unpaired) electrons. The maximum Gasteiger partial charge on any atom is 0.225 e. The summed E-state index contributed by atoms with van der Waals surface area (Å²) in [5.74, 6) is 0.115. The maximum atomic E-state index is 12.1. The molecule has 0 spiro atoms. The van der Waals surface area contributed by atoms with Crippen molar-refractivity contribution >= 4 is 34.2 Å². The molecule has 112 valence electrons. The van der Waals surface area contributed by atoms with E-state index in [1.165, 1.54) is 0 Å². The summed E-state index contributed by atoms with van der Waals surface area (Å²) in [5.41, 5.74) is 1.11. The Labute approximate surface area is 134 Å². The fraction of sp³-hybridized carbons (Fsp3) is 0.500. The first-order valence-corrected chi connectivity index (χ1v) is 7.26. The number of morpholine rings is 1. The monoisotopic (exact) mass is 362 g/mol. The van der Waals surface area contributed by atoms with E-state index in [0.717, 1.165) is 23.1 Å². The van der Waals surface area contributed by atoms with Gasteiger partial charge in [-0.05, 0) is 11.6 Å². The topological polar surface area (TPSA) is 41.6 Å². The molecule has 1 amide bonds. The largest absolute Gasteiger partial charge is 0.375 e. The summed E-state index contributed by atoms with van der Waals surface area (Å²) >= 11 is 3.50. The average Bonchev–Trinajstić information content (AvgIpc) is 2.42. The minimum Gasteiger partial charge on any atom is -0.375 e. The molecule has 0 bridgehead atoms. The Bertz CT molecular complexity index is 439. The molecule has 1 N–H and O–H groups in total. The van der Waals surface area contributed by atoms with E-state index >= 15 is 0 Å². The van der Waals surface area contributed by atoms with E-state index in [0.29, 0.717) is 19.6 Å². The number of halogens is 2. The van der Waals surface area contributed by atoms with E-state index in [-0.39, 0.29) is 24.4 Å². The van der Waals surface area contributed by atoms with Gasteiger partial charge in [-0.3, -0.25) is 4.79 Å². The van der Waals surface area contributed by atoms with Crippen LogP contribution in [0.4, 0.5) is 0 Å². The zero-order valence-electron chi connectivity index (χ0n) is 11.5. The van der Waals surface area contributed by atoms with Gasteiger partial charge in [0.25, 0.3) is 0 Å². The van der Waals surface area contributed by atoms with Crippen molar-refractivity contribution in [1.29, 1.82) is 0 Å². The van der Waals surface area contributed by atoms with Crippen molar-refractivity contribution < 1.29 is 9.53 Å². The molecule has 1 atom stereocenters. The van der Waals surface area contributed by atoms with Crippen LogP contribution < -0.4 is 5.32 Å². The number of hydrogen-bond acceptors (Lipinski definition) is 3. The summed E-state index contributed by atoms with van der Waals surface area (Å²) in [4.78, 5) is 13.9. The van der Waals surface area contributed by atoms with Crippen LogP contribution in [0.25, 0.3) is 0 Å². The van der Waals surface area contributed by atoms with E-state index in [4.69, 9.17) is 4.74 Å². The molecule has 0 aliphatic carbocycles. The number of amides is 1. The van der Waals surface area contributed by atoms with Gasteiger partial charge in [0, 0.05) is 31.2 Å². The smallest absolute Gasteiger partial charge is 0.225 e. The molecule has 0 aromatic heterocycles. The van der Waals surface area contributed by atoms with Gasteiger partial charge in [0.05, 0.1) is 19.1 Å². The zero-order chi connectivity index (χ0) is 13.7. The van der Waals surface area contributed by atoms with Gasteiger partial charge in [-0.1, -0.05) is 34.1 Å². The Morgan fingerprint density at radius 3 is 2.90 bits per heavy atom. The average molecular weight is 364 g/mol. The molecular weight excluding hydrogens is 344 g/mol. The van der Waals surface area contributed by atoms with Crippen LogP contribution in [0, 0.1) is 0 Å². The Balaban J connectivity index is 0.00000200. The van der Waals surface area contributed by atoms with Crippen LogP contribution >= 0.6 is 28.3 Å². The highest BCUT2D eigenvalue weighted by Gasteiger charge is 2.20. The second-order valence-electron chi connectivity index (χ2n) is 4.74. The summed E-state index contributed by atoms with van der Waals surface area (Å²) in [6.45, 7) is 2.93. The fourth-order valence-corrected chi connectivity index (χ4v) is 2.48.